The van der Waals surface area contributed by atoms with E-state index in [9.17, 15) is 22.8 Å². The van der Waals surface area contributed by atoms with Crippen LogP contribution in [0.4, 0.5) is 24.9 Å². The minimum Gasteiger partial charge on any atom is -0.352 e. The minimum absolute atomic E-state index is 0.0720. The third-order valence-electron chi connectivity index (χ3n) is 4.88. The van der Waals surface area contributed by atoms with Gasteiger partial charge in [-0.25, -0.2) is 5.10 Å². The summed E-state index contributed by atoms with van der Waals surface area (Å²) < 4.78 is 39.7. The second-order valence-electron chi connectivity index (χ2n) is 6.89. The Morgan fingerprint density at radius 3 is 2.38 bits per heavy atom. The molecule has 0 bridgehead atoms. The molecule has 32 heavy (non-hydrogen) atoms. The second kappa shape index (κ2) is 8.61. The van der Waals surface area contributed by atoms with Crippen molar-refractivity contribution in [3.05, 3.63) is 59.5 Å². The van der Waals surface area contributed by atoms with E-state index in [0.717, 1.165) is 6.07 Å². The van der Waals surface area contributed by atoms with Gasteiger partial charge in [-0.3, -0.25) is 14.9 Å². The highest BCUT2D eigenvalue weighted by Crippen LogP contribution is 2.32. The number of amides is 2. The first-order chi connectivity index (χ1) is 15.3. The predicted octanol–water partition coefficient (Wildman–Crippen LogP) is 1.83. The highest BCUT2D eigenvalue weighted by atomic mass is 19.4. The molecule has 1 aromatic carbocycles. The number of halogens is 3. The largest absolute Gasteiger partial charge is 0.417 e. The maximum atomic E-state index is 13.2. The SMILES string of the molecule is O=C(Nc1ncn[nH]1)c1ccc(N2CCN(C(=O)c3ccccc3C(F)(F)F)CC2)nn1. The molecule has 0 radical (unpaired) electrons. The van der Waals surface area contributed by atoms with Crippen LogP contribution in [0.25, 0.3) is 0 Å². The molecule has 13 heteroatoms. The van der Waals surface area contributed by atoms with Crippen LogP contribution >= 0.6 is 0 Å². The third-order valence-corrected chi connectivity index (χ3v) is 4.88. The number of anilines is 2. The molecular formula is C19H17F3N8O2. The van der Waals surface area contributed by atoms with Crippen LogP contribution in [0, 0.1) is 0 Å². The van der Waals surface area contributed by atoms with Crippen molar-refractivity contribution in [3.8, 4) is 0 Å². The number of benzene rings is 1. The highest BCUT2D eigenvalue weighted by molar-refractivity contribution is 6.01. The summed E-state index contributed by atoms with van der Waals surface area (Å²) in [7, 11) is 0. The van der Waals surface area contributed by atoms with E-state index in [1.807, 2.05) is 4.90 Å². The summed E-state index contributed by atoms with van der Waals surface area (Å²) in [4.78, 5) is 31.8. The number of rotatable bonds is 4. The van der Waals surface area contributed by atoms with Gasteiger partial charge in [-0.15, -0.1) is 10.2 Å². The number of carbonyl (C=O) groups is 2. The average molecular weight is 446 g/mol. The van der Waals surface area contributed by atoms with E-state index in [0.29, 0.717) is 18.9 Å². The Labute approximate surface area is 179 Å². The number of hydrogen-bond donors (Lipinski definition) is 2. The molecule has 2 amide bonds. The first-order valence-electron chi connectivity index (χ1n) is 9.54. The van der Waals surface area contributed by atoms with Gasteiger partial charge in [0, 0.05) is 26.2 Å². The van der Waals surface area contributed by atoms with Crippen LogP contribution in [0.5, 0.6) is 0 Å². The number of nitrogens with one attached hydrogen (secondary N) is 2. The summed E-state index contributed by atoms with van der Waals surface area (Å²) in [5.74, 6) is -0.514. The van der Waals surface area contributed by atoms with Gasteiger partial charge in [0.25, 0.3) is 11.8 Å². The molecule has 0 spiro atoms. The zero-order valence-corrected chi connectivity index (χ0v) is 16.5. The fourth-order valence-electron chi connectivity index (χ4n) is 3.28. The van der Waals surface area contributed by atoms with Crippen molar-refractivity contribution < 1.29 is 22.8 Å². The van der Waals surface area contributed by atoms with Gasteiger partial charge in [0.1, 0.15) is 6.33 Å². The molecule has 1 aliphatic rings. The molecule has 1 aliphatic heterocycles. The third kappa shape index (κ3) is 4.50. The summed E-state index contributed by atoms with van der Waals surface area (Å²) in [6.45, 7) is 1.16. The molecule has 3 aromatic rings. The Morgan fingerprint density at radius 1 is 1.00 bits per heavy atom. The Kier molecular flexibility index (Phi) is 5.71. The van der Waals surface area contributed by atoms with Crippen molar-refractivity contribution in [2.45, 2.75) is 6.18 Å². The maximum Gasteiger partial charge on any atom is 0.417 e. The van der Waals surface area contributed by atoms with Gasteiger partial charge in [0.15, 0.2) is 11.5 Å². The molecule has 10 nitrogen and oxygen atoms in total. The molecule has 2 aromatic heterocycles. The fourth-order valence-corrected chi connectivity index (χ4v) is 3.28. The Bertz CT molecular complexity index is 1090. The molecule has 166 valence electrons. The summed E-state index contributed by atoms with van der Waals surface area (Å²) in [6, 6.07) is 7.86. The monoisotopic (exact) mass is 446 g/mol. The van der Waals surface area contributed by atoms with Crippen LogP contribution in [0.1, 0.15) is 26.4 Å². The van der Waals surface area contributed by atoms with Gasteiger partial charge in [0.2, 0.25) is 5.95 Å². The van der Waals surface area contributed by atoms with Crippen molar-refractivity contribution in [1.29, 1.82) is 0 Å². The quantitative estimate of drug-likeness (QED) is 0.627. The molecular weight excluding hydrogens is 429 g/mol. The lowest BCUT2D eigenvalue weighted by Gasteiger charge is -2.35. The first-order valence-corrected chi connectivity index (χ1v) is 9.54. The molecule has 3 heterocycles. The van der Waals surface area contributed by atoms with Gasteiger partial charge < -0.3 is 9.80 Å². The molecule has 0 aliphatic carbocycles. The predicted molar refractivity (Wildman–Crippen MR) is 106 cm³/mol. The number of piperazine rings is 1. The van der Waals surface area contributed by atoms with Crippen LogP contribution in [-0.2, 0) is 6.18 Å². The van der Waals surface area contributed by atoms with Gasteiger partial charge in [-0.05, 0) is 24.3 Å². The molecule has 1 fully saturated rings. The van der Waals surface area contributed by atoms with Gasteiger partial charge >= 0.3 is 6.18 Å². The minimum atomic E-state index is -4.61. The summed E-state index contributed by atoms with van der Waals surface area (Å²) in [5, 5.41) is 16.5. The normalized spacial score (nSPS) is 14.3. The van der Waals surface area contributed by atoms with Crippen molar-refractivity contribution in [3.63, 3.8) is 0 Å². The summed E-state index contributed by atoms with van der Waals surface area (Å²) >= 11 is 0. The van der Waals surface area contributed by atoms with Crippen LogP contribution in [0.2, 0.25) is 0 Å². The number of aromatic nitrogens is 5. The number of aromatic amines is 1. The Hall–Kier alpha value is -4.03. The smallest absolute Gasteiger partial charge is 0.352 e. The second-order valence-corrected chi connectivity index (χ2v) is 6.89. The molecule has 0 atom stereocenters. The van der Waals surface area contributed by atoms with E-state index in [1.165, 1.54) is 35.5 Å². The van der Waals surface area contributed by atoms with Crippen LogP contribution in [0.15, 0.2) is 42.7 Å². The number of alkyl halides is 3. The van der Waals surface area contributed by atoms with E-state index < -0.39 is 23.6 Å². The molecule has 0 unspecified atom stereocenters. The lowest BCUT2D eigenvalue weighted by molar-refractivity contribution is -0.138. The number of carbonyl (C=O) groups excluding carboxylic acids is 2. The van der Waals surface area contributed by atoms with Crippen molar-refractivity contribution >= 4 is 23.6 Å². The Balaban J connectivity index is 1.38. The summed E-state index contributed by atoms with van der Waals surface area (Å²) in [6.07, 6.45) is -3.36. The summed E-state index contributed by atoms with van der Waals surface area (Å²) in [5.41, 5.74) is -1.24. The number of nitrogens with zero attached hydrogens (tertiary/aromatic N) is 6. The molecule has 4 rings (SSSR count). The highest BCUT2D eigenvalue weighted by Gasteiger charge is 2.36. The Morgan fingerprint density at radius 2 is 1.75 bits per heavy atom. The van der Waals surface area contributed by atoms with Crippen molar-refractivity contribution in [1.82, 2.24) is 30.3 Å². The zero-order valence-electron chi connectivity index (χ0n) is 16.5. The van der Waals surface area contributed by atoms with Crippen LogP contribution < -0.4 is 10.2 Å². The van der Waals surface area contributed by atoms with Gasteiger partial charge in [-0.1, -0.05) is 12.1 Å². The van der Waals surface area contributed by atoms with Crippen LogP contribution in [-0.4, -0.2) is 68.3 Å². The maximum absolute atomic E-state index is 13.2. The van der Waals surface area contributed by atoms with E-state index >= 15 is 0 Å². The van der Waals surface area contributed by atoms with Crippen molar-refractivity contribution in [2.24, 2.45) is 0 Å². The lowest BCUT2D eigenvalue weighted by Crippen LogP contribution is -2.49. The van der Waals surface area contributed by atoms with E-state index in [-0.39, 0.29) is 30.3 Å². The standard InChI is InChI=1S/C19H17F3N8O2/c20-19(21,22)13-4-2-1-3-12(13)17(32)30-9-7-29(8-10-30)15-6-5-14(26-27-15)16(31)25-18-23-11-24-28-18/h1-6,11H,7-10H2,(H2,23,24,25,28,31). The molecule has 2 N–H and O–H groups in total. The topological polar surface area (TPSA) is 120 Å². The van der Waals surface area contributed by atoms with E-state index in [1.54, 1.807) is 6.07 Å². The fraction of sp³-hybridized carbons (Fsp3) is 0.263. The van der Waals surface area contributed by atoms with Gasteiger partial charge in [0.05, 0.1) is 11.1 Å². The van der Waals surface area contributed by atoms with Gasteiger partial charge in [-0.2, -0.15) is 23.3 Å². The first kappa shape index (κ1) is 21.2. The lowest BCUT2D eigenvalue weighted by atomic mass is 10.1. The molecule has 0 saturated carbocycles. The number of hydrogen-bond acceptors (Lipinski definition) is 7. The van der Waals surface area contributed by atoms with E-state index in [4.69, 9.17) is 0 Å². The van der Waals surface area contributed by atoms with Crippen LogP contribution in [0.3, 0.4) is 0 Å². The van der Waals surface area contributed by atoms with E-state index in [2.05, 4.69) is 30.7 Å². The van der Waals surface area contributed by atoms with Crippen molar-refractivity contribution in [2.75, 3.05) is 36.4 Å². The average Bonchev–Trinajstić information content (AvgIpc) is 3.31. The molecule has 1 saturated heterocycles. The number of H-pyrrole nitrogens is 1. The zero-order chi connectivity index (χ0) is 22.7.